The SMILES string of the molecule is C/C=C(/C)C(=O)N(CCCCC)CCCCC. The van der Waals surface area contributed by atoms with Crippen LogP contribution in [0.3, 0.4) is 0 Å². The van der Waals surface area contributed by atoms with E-state index in [4.69, 9.17) is 0 Å². The first-order valence-electron chi connectivity index (χ1n) is 7.09. The maximum atomic E-state index is 12.1. The van der Waals surface area contributed by atoms with Crippen molar-refractivity contribution < 1.29 is 4.79 Å². The number of rotatable bonds is 9. The predicted molar refractivity (Wildman–Crippen MR) is 75.1 cm³/mol. The van der Waals surface area contributed by atoms with Crippen LogP contribution in [0.15, 0.2) is 11.6 Å². The molecule has 0 radical (unpaired) electrons. The summed E-state index contributed by atoms with van der Waals surface area (Å²) in [5, 5.41) is 0. The van der Waals surface area contributed by atoms with Gasteiger partial charge < -0.3 is 4.90 Å². The summed E-state index contributed by atoms with van der Waals surface area (Å²) in [5.41, 5.74) is 0.873. The van der Waals surface area contributed by atoms with E-state index < -0.39 is 0 Å². The third-order valence-electron chi connectivity index (χ3n) is 3.12. The van der Waals surface area contributed by atoms with E-state index in [-0.39, 0.29) is 5.91 Å². The zero-order valence-electron chi connectivity index (χ0n) is 12.1. The summed E-state index contributed by atoms with van der Waals surface area (Å²) in [6.07, 6.45) is 9.02. The number of allylic oxidation sites excluding steroid dienone is 1. The molecule has 0 unspecified atom stereocenters. The Morgan fingerprint density at radius 3 is 1.82 bits per heavy atom. The highest BCUT2D eigenvalue weighted by atomic mass is 16.2. The average Bonchev–Trinajstić information content (AvgIpc) is 2.35. The number of carbonyl (C=O) groups is 1. The molecule has 0 saturated carbocycles. The molecule has 0 fully saturated rings. The molecule has 0 saturated heterocycles. The summed E-state index contributed by atoms with van der Waals surface area (Å²) in [6.45, 7) is 10.1. The van der Waals surface area contributed by atoms with Crippen LogP contribution in [0.25, 0.3) is 0 Å². The molecule has 0 aromatic rings. The fourth-order valence-corrected chi connectivity index (χ4v) is 1.79. The van der Waals surface area contributed by atoms with Crippen molar-refractivity contribution in [3.63, 3.8) is 0 Å². The second kappa shape index (κ2) is 10.4. The van der Waals surface area contributed by atoms with Crippen molar-refractivity contribution in [2.75, 3.05) is 13.1 Å². The van der Waals surface area contributed by atoms with Gasteiger partial charge in [0.15, 0.2) is 0 Å². The van der Waals surface area contributed by atoms with E-state index in [0.29, 0.717) is 0 Å². The molecule has 0 aliphatic rings. The molecule has 0 heterocycles. The van der Waals surface area contributed by atoms with E-state index in [2.05, 4.69) is 13.8 Å². The normalized spacial score (nSPS) is 11.6. The van der Waals surface area contributed by atoms with Gasteiger partial charge in [-0.2, -0.15) is 0 Å². The van der Waals surface area contributed by atoms with Gasteiger partial charge in [-0.1, -0.05) is 45.6 Å². The Bertz CT molecular complexity index is 223. The molecule has 100 valence electrons. The summed E-state index contributed by atoms with van der Waals surface area (Å²) >= 11 is 0. The van der Waals surface area contributed by atoms with Gasteiger partial charge in [-0.05, 0) is 26.7 Å². The minimum Gasteiger partial charge on any atom is -0.339 e. The molecule has 0 aliphatic carbocycles. The molecule has 0 rings (SSSR count). The first-order chi connectivity index (χ1) is 8.17. The maximum absolute atomic E-state index is 12.1. The van der Waals surface area contributed by atoms with Gasteiger partial charge in [-0.25, -0.2) is 0 Å². The quantitative estimate of drug-likeness (QED) is 0.437. The highest BCUT2D eigenvalue weighted by Crippen LogP contribution is 2.07. The molecular weight excluding hydrogens is 210 g/mol. The molecule has 0 aliphatic heterocycles. The lowest BCUT2D eigenvalue weighted by Gasteiger charge is -2.23. The first-order valence-corrected chi connectivity index (χ1v) is 7.09. The Morgan fingerprint density at radius 2 is 1.47 bits per heavy atom. The first kappa shape index (κ1) is 16.2. The van der Waals surface area contributed by atoms with Gasteiger partial charge in [-0.3, -0.25) is 4.79 Å². The topological polar surface area (TPSA) is 20.3 Å². The molecule has 0 bridgehead atoms. The van der Waals surface area contributed by atoms with E-state index in [1.54, 1.807) is 0 Å². The second-order valence-corrected chi connectivity index (χ2v) is 4.68. The molecule has 1 amide bonds. The Kier molecular flexibility index (Phi) is 9.89. The average molecular weight is 239 g/mol. The minimum absolute atomic E-state index is 0.222. The van der Waals surface area contributed by atoms with Gasteiger partial charge in [0.25, 0.3) is 0 Å². The fraction of sp³-hybridized carbons (Fsp3) is 0.800. The van der Waals surface area contributed by atoms with Gasteiger partial charge >= 0.3 is 0 Å². The summed E-state index contributed by atoms with van der Waals surface area (Å²) in [5.74, 6) is 0.222. The van der Waals surface area contributed by atoms with Crippen LogP contribution >= 0.6 is 0 Å². The minimum atomic E-state index is 0.222. The highest BCUT2D eigenvalue weighted by Gasteiger charge is 2.13. The van der Waals surface area contributed by atoms with Gasteiger partial charge in [0.1, 0.15) is 0 Å². The smallest absolute Gasteiger partial charge is 0.249 e. The Balaban J connectivity index is 4.23. The number of carbonyl (C=O) groups excluding carboxylic acids is 1. The third kappa shape index (κ3) is 7.19. The Morgan fingerprint density at radius 1 is 1.00 bits per heavy atom. The van der Waals surface area contributed by atoms with Crippen LogP contribution in [0.1, 0.15) is 66.2 Å². The molecule has 2 nitrogen and oxygen atoms in total. The molecular formula is C15H29NO. The van der Waals surface area contributed by atoms with Gasteiger partial charge in [-0.15, -0.1) is 0 Å². The molecule has 0 N–H and O–H groups in total. The van der Waals surface area contributed by atoms with Crippen LogP contribution in [0.5, 0.6) is 0 Å². The standard InChI is InChI=1S/C15H29NO/c1-5-8-10-12-16(13-11-9-6-2)15(17)14(4)7-3/h7H,5-6,8-13H2,1-4H3/b14-7-. The fourth-order valence-electron chi connectivity index (χ4n) is 1.79. The maximum Gasteiger partial charge on any atom is 0.249 e. The predicted octanol–water partition coefficient (Wildman–Crippen LogP) is 4.16. The van der Waals surface area contributed by atoms with Crippen molar-refractivity contribution in [3.05, 3.63) is 11.6 Å². The lowest BCUT2D eigenvalue weighted by molar-refractivity contribution is -0.127. The number of nitrogens with zero attached hydrogens (tertiary/aromatic N) is 1. The molecule has 0 aromatic carbocycles. The van der Waals surface area contributed by atoms with Crippen molar-refractivity contribution >= 4 is 5.91 Å². The van der Waals surface area contributed by atoms with E-state index in [9.17, 15) is 4.79 Å². The highest BCUT2D eigenvalue weighted by molar-refractivity contribution is 5.92. The summed E-state index contributed by atoms with van der Waals surface area (Å²) in [6, 6.07) is 0. The number of amides is 1. The zero-order chi connectivity index (χ0) is 13.1. The van der Waals surface area contributed by atoms with Gasteiger partial charge in [0.2, 0.25) is 5.91 Å². The molecule has 0 atom stereocenters. The van der Waals surface area contributed by atoms with Crippen LogP contribution in [0, 0.1) is 0 Å². The van der Waals surface area contributed by atoms with Gasteiger partial charge in [0, 0.05) is 18.7 Å². The van der Waals surface area contributed by atoms with Crippen molar-refractivity contribution in [2.45, 2.75) is 66.2 Å². The number of hydrogen-bond donors (Lipinski definition) is 0. The van der Waals surface area contributed by atoms with Crippen molar-refractivity contribution in [1.29, 1.82) is 0 Å². The molecule has 0 spiro atoms. The molecule has 17 heavy (non-hydrogen) atoms. The zero-order valence-corrected chi connectivity index (χ0v) is 12.1. The summed E-state index contributed by atoms with van der Waals surface area (Å²) < 4.78 is 0. The van der Waals surface area contributed by atoms with Crippen LogP contribution in [0.2, 0.25) is 0 Å². The van der Waals surface area contributed by atoms with E-state index in [1.165, 1.54) is 25.7 Å². The molecule has 0 aromatic heterocycles. The third-order valence-corrected chi connectivity index (χ3v) is 3.12. The van der Waals surface area contributed by atoms with E-state index in [1.807, 2.05) is 24.8 Å². The Labute approximate surface area is 107 Å². The monoisotopic (exact) mass is 239 g/mol. The second-order valence-electron chi connectivity index (χ2n) is 4.68. The molecule has 2 heteroatoms. The largest absolute Gasteiger partial charge is 0.339 e. The van der Waals surface area contributed by atoms with Gasteiger partial charge in [0.05, 0.1) is 0 Å². The van der Waals surface area contributed by atoms with Crippen molar-refractivity contribution in [3.8, 4) is 0 Å². The van der Waals surface area contributed by atoms with Crippen LogP contribution in [-0.2, 0) is 4.79 Å². The number of hydrogen-bond acceptors (Lipinski definition) is 1. The van der Waals surface area contributed by atoms with Crippen molar-refractivity contribution in [1.82, 2.24) is 4.90 Å². The lowest BCUT2D eigenvalue weighted by Crippen LogP contribution is -2.33. The summed E-state index contributed by atoms with van der Waals surface area (Å²) in [7, 11) is 0. The lowest BCUT2D eigenvalue weighted by atomic mass is 10.2. The van der Waals surface area contributed by atoms with E-state index >= 15 is 0 Å². The van der Waals surface area contributed by atoms with Crippen LogP contribution in [0.4, 0.5) is 0 Å². The van der Waals surface area contributed by atoms with Crippen molar-refractivity contribution in [2.24, 2.45) is 0 Å². The van der Waals surface area contributed by atoms with Crippen LogP contribution < -0.4 is 0 Å². The summed E-state index contributed by atoms with van der Waals surface area (Å²) in [4.78, 5) is 14.1. The Hall–Kier alpha value is -0.790. The van der Waals surface area contributed by atoms with Crippen LogP contribution in [-0.4, -0.2) is 23.9 Å². The van der Waals surface area contributed by atoms with E-state index in [0.717, 1.165) is 31.5 Å². The number of unbranched alkanes of at least 4 members (excludes halogenated alkanes) is 4.